The van der Waals surface area contributed by atoms with Crippen molar-refractivity contribution in [1.82, 2.24) is 4.98 Å². The molecule has 1 heterocycles. The molecule has 0 aliphatic rings. The first-order chi connectivity index (χ1) is 8.96. The smallest absolute Gasteiger partial charge is 0.342 e. The quantitative estimate of drug-likeness (QED) is 0.440. The second-order valence-electron chi connectivity index (χ2n) is 4.02. The maximum atomic E-state index is 11.1. The summed E-state index contributed by atoms with van der Waals surface area (Å²) in [5.74, 6) is -1.34. The van der Waals surface area contributed by atoms with Crippen LogP contribution in [-0.4, -0.2) is 27.5 Å². The number of para-hydroxylation sites is 1. The molecule has 1 atom stereocenters. The molecule has 0 radical (unpaired) electrons. The number of fused-ring (bicyclic) bond motifs is 1. The number of oxazole rings is 1. The number of carbonyl (C=O) groups is 1. The van der Waals surface area contributed by atoms with Crippen LogP contribution in [0.5, 0.6) is 0 Å². The first-order valence-corrected chi connectivity index (χ1v) is 5.80. The van der Waals surface area contributed by atoms with Gasteiger partial charge in [-0.3, -0.25) is 0 Å². The fraction of sp³-hybridized carbons (Fsp3) is 0.273. The molecule has 0 bridgehead atoms. The summed E-state index contributed by atoms with van der Waals surface area (Å²) in [6.07, 6.45) is 0. The molecular weight excluding hydrogens is 270 g/mol. The highest BCUT2D eigenvalue weighted by Crippen LogP contribution is 2.25. The molecule has 8 heteroatoms. The minimum atomic E-state index is -1.85. The van der Waals surface area contributed by atoms with E-state index in [1.54, 1.807) is 12.1 Å². The Bertz CT molecular complexity index is 642. The molecule has 2 aromatic rings. The number of nitrogens with one attached hydrogen (secondary N) is 1. The predicted molar refractivity (Wildman–Crippen MR) is 72.4 cm³/mol. The number of carboxylic acid groups (broad SMARTS) is 1. The molecule has 19 heavy (non-hydrogen) atoms. The number of aromatic nitrogens is 1. The van der Waals surface area contributed by atoms with Crippen molar-refractivity contribution in [2.24, 2.45) is 5.18 Å². The monoisotopic (exact) mass is 281 g/mol. The van der Waals surface area contributed by atoms with Gasteiger partial charge in [0, 0.05) is 0 Å². The Kier molecular flexibility index (Phi) is 3.43. The fourth-order valence-electron chi connectivity index (χ4n) is 1.57. The molecule has 2 N–H and O–H groups in total. The zero-order valence-corrected chi connectivity index (χ0v) is 10.8. The Morgan fingerprint density at radius 3 is 2.95 bits per heavy atom. The number of nitroso groups, excluding NO2 is 1. The van der Waals surface area contributed by atoms with E-state index in [-0.39, 0.29) is 6.01 Å². The van der Waals surface area contributed by atoms with Crippen LogP contribution in [0.4, 0.5) is 6.01 Å². The summed E-state index contributed by atoms with van der Waals surface area (Å²) in [5.41, 5.74) is 2.02. The van der Waals surface area contributed by atoms with Crippen LogP contribution in [0.2, 0.25) is 0 Å². The van der Waals surface area contributed by atoms with Gasteiger partial charge in [-0.2, -0.15) is 9.89 Å². The van der Waals surface area contributed by atoms with Crippen LogP contribution < -0.4 is 5.32 Å². The van der Waals surface area contributed by atoms with Gasteiger partial charge in [0.05, 0.1) is 0 Å². The zero-order chi connectivity index (χ0) is 14.0. The molecule has 0 fully saturated rings. The van der Waals surface area contributed by atoms with Crippen molar-refractivity contribution in [2.45, 2.75) is 11.8 Å². The first kappa shape index (κ1) is 13.3. The van der Waals surface area contributed by atoms with Gasteiger partial charge in [0.1, 0.15) is 12.1 Å². The summed E-state index contributed by atoms with van der Waals surface area (Å²) in [6.45, 7) is 1.29. The summed E-state index contributed by atoms with van der Waals surface area (Å²) in [7, 11) is 0. The van der Waals surface area contributed by atoms with Gasteiger partial charge < -0.3 is 14.8 Å². The highest BCUT2D eigenvalue weighted by molar-refractivity contribution is 7.82. The molecule has 1 aromatic heterocycles. The summed E-state index contributed by atoms with van der Waals surface area (Å²) < 4.78 is 5.36. The number of thiol groups is 1. The molecular formula is C11H11N3O4S. The molecule has 7 nitrogen and oxygen atoms in total. The lowest BCUT2D eigenvalue weighted by atomic mass is 10.2. The molecule has 0 aliphatic carbocycles. The van der Waals surface area contributed by atoms with E-state index in [4.69, 9.17) is 9.52 Å². The predicted octanol–water partition coefficient (Wildman–Crippen LogP) is 2.03. The Morgan fingerprint density at radius 2 is 2.37 bits per heavy atom. The Hall–Kier alpha value is -2.09. The van der Waals surface area contributed by atoms with Gasteiger partial charge in [-0.1, -0.05) is 17.3 Å². The van der Waals surface area contributed by atoms with Gasteiger partial charge in [0.15, 0.2) is 5.58 Å². The van der Waals surface area contributed by atoms with Crippen LogP contribution in [-0.2, 0) is 4.79 Å². The lowest BCUT2D eigenvalue weighted by molar-refractivity contribution is -0.138. The number of anilines is 1. The molecule has 0 amide bonds. The number of benzene rings is 1. The normalized spacial score (nSPS) is 14.0. The number of aliphatic carboxylic acids is 1. The van der Waals surface area contributed by atoms with E-state index in [0.29, 0.717) is 11.1 Å². The van der Waals surface area contributed by atoms with E-state index in [1.165, 1.54) is 0 Å². The molecule has 2 rings (SSSR count). The molecule has 0 saturated carbocycles. The molecule has 1 aromatic carbocycles. The molecule has 0 aliphatic heterocycles. The number of carboxylic acids is 1. The largest absolute Gasteiger partial charge is 0.479 e. The van der Waals surface area contributed by atoms with Crippen molar-refractivity contribution < 1.29 is 14.3 Å². The van der Waals surface area contributed by atoms with Crippen molar-refractivity contribution in [3.05, 3.63) is 28.7 Å². The van der Waals surface area contributed by atoms with Crippen LogP contribution in [0.25, 0.3) is 11.1 Å². The van der Waals surface area contributed by atoms with Gasteiger partial charge in [-0.25, -0.2) is 4.79 Å². The van der Waals surface area contributed by atoms with E-state index in [2.05, 4.69) is 28.1 Å². The number of rotatable bonds is 5. The van der Waals surface area contributed by atoms with Crippen molar-refractivity contribution >= 4 is 35.7 Å². The highest BCUT2D eigenvalue weighted by atomic mass is 32.1. The second kappa shape index (κ2) is 4.88. The maximum Gasteiger partial charge on any atom is 0.342 e. The molecule has 100 valence electrons. The summed E-state index contributed by atoms with van der Waals surface area (Å²) in [6, 6.07) is 5.34. The molecule has 0 saturated heterocycles. The summed E-state index contributed by atoms with van der Waals surface area (Å²) in [5, 5.41) is 14.1. The van der Waals surface area contributed by atoms with Crippen LogP contribution in [0.15, 0.2) is 27.8 Å². The van der Waals surface area contributed by atoms with E-state index in [0.717, 1.165) is 5.56 Å². The van der Waals surface area contributed by atoms with Crippen molar-refractivity contribution in [3.8, 4) is 0 Å². The Balaban J connectivity index is 2.37. The minimum Gasteiger partial charge on any atom is -0.479 e. The van der Waals surface area contributed by atoms with Gasteiger partial charge in [-0.15, -0.1) is 12.6 Å². The SMILES string of the molecule is Cc1cccc2oc(NC(S)(CN=O)C(=O)O)nc12. The summed E-state index contributed by atoms with van der Waals surface area (Å²) >= 11 is 3.91. The zero-order valence-electron chi connectivity index (χ0n) is 9.95. The van der Waals surface area contributed by atoms with Crippen molar-refractivity contribution in [1.29, 1.82) is 0 Å². The third kappa shape index (κ3) is 2.53. The van der Waals surface area contributed by atoms with Crippen LogP contribution in [0.1, 0.15) is 5.56 Å². The number of nitrogens with zero attached hydrogens (tertiary/aromatic N) is 2. The van der Waals surface area contributed by atoms with Gasteiger partial charge in [0.25, 0.3) is 6.01 Å². The van der Waals surface area contributed by atoms with Gasteiger partial charge in [-0.05, 0) is 18.6 Å². The minimum absolute atomic E-state index is 0.0228. The number of hydrogen-bond acceptors (Lipinski definition) is 7. The lowest BCUT2D eigenvalue weighted by Gasteiger charge is -2.20. The van der Waals surface area contributed by atoms with Gasteiger partial charge in [0.2, 0.25) is 4.87 Å². The number of hydrogen-bond donors (Lipinski definition) is 3. The third-order valence-electron chi connectivity index (χ3n) is 2.58. The van der Waals surface area contributed by atoms with Crippen molar-refractivity contribution in [3.63, 3.8) is 0 Å². The average Bonchev–Trinajstić information content (AvgIpc) is 2.73. The topological polar surface area (TPSA) is 105 Å². The van der Waals surface area contributed by atoms with E-state index in [9.17, 15) is 9.70 Å². The lowest BCUT2D eigenvalue weighted by Crippen LogP contribution is -2.43. The summed E-state index contributed by atoms with van der Waals surface area (Å²) in [4.78, 5) is 23.7. The first-order valence-electron chi connectivity index (χ1n) is 5.35. The Labute approximate surface area is 113 Å². The second-order valence-corrected chi connectivity index (χ2v) is 4.78. The van der Waals surface area contributed by atoms with Crippen LogP contribution >= 0.6 is 12.6 Å². The Morgan fingerprint density at radius 1 is 1.63 bits per heavy atom. The van der Waals surface area contributed by atoms with Crippen molar-refractivity contribution in [2.75, 3.05) is 11.9 Å². The van der Waals surface area contributed by atoms with E-state index in [1.807, 2.05) is 13.0 Å². The number of aryl methyl sites for hydroxylation is 1. The highest BCUT2D eigenvalue weighted by Gasteiger charge is 2.36. The molecule has 1 unspecified atom stereocenters. The van der Waals surface area contributed by atoms with Crippen LogP contribution in [0, 0.1) is 11.8 Å². The van der Waals surface area contributed by atoms with E-state index < -0.39 is 17.4 Å². The maximum absolute atomic E-state index is 11.1. The van der Waals surface area contributed by atoms with E-state index >= 15 is 0 Å². The fourth-order valence-corrected chi connectivity index (χ4v) is 1.72. The molecule has 0 spiro atoms. The average molecular weight is 281 g/mol. The van der Waals surface area contributed by atoms with Crippen LogP contribution in [0.3, 0.4) is 0 Å². The standard InChI is InChI=1S/C11H11N3O4S/c1-6-3-2-4-7-8(6)13-10(18-7)14-11(19,5-12-17)9(15)16/h2-4,19H,5H2,1H3,(H,13,14)(H,15,16). The third-order valence-corrected chi connectivity index (χ3v) is 3.03. The van der Waals surface area contributed by atoms with Gasteiger partial charge >= 0.3 is 5.97 Å².